The van der Waals surface area contributed by atoms with Crippen LogP contribution >= 0.6 is 0 Å². The molecule has 0 aliphatic carbocycles. The first-order valence-corrected chi connectivity index (χ1v) is 10.9. The molecule has 2 saturated heterocycles. The van der Waals surface area contributed by atoms with Crippen molar-refractivity contribution >= 4 is 29.1 Å². The number of nitrogens with zero attached hydrogens (tertiary/aromatic N) is 1. The average Bonchev–Trinajstić information content (AvgIpc) is 3.48. The Morgan fingerprint density at radius 1 is 1.06 bits per heavy atom. The van der Waals surface area contributed by atoms with Crippen LogP contribution in [0.3, 0.4) is 0 Å². The van der Waals surface area contributed by atoms with E-state index in [1.165, 1.54) is 4.90 Å². The molecule has 2 fully saturated rings. The molecule has 32 heavy (non-hydrogen) atoms. The summed E-state index contributed by atoms with van der Waals surface area (Å²) in [4.78, 5) is 42.2. The molecule has 4 atom stereocenters. The number of benzene rings is 2. The van der Waals surface area contributed by atoms with E-state index in [2.05, 4.69) is 24.5 Å². The molecule has 2 N–H and O–H groups in total. The van der Waals surface area contributed by atoms with E-state index in [0.717, 1.165) is 5.56 Å². The number of hydrogen-bond donors (Lipinski definition) is 2. The van der Waals surface area contributed by atoms with Crippen molar-refractivity contribution in [1.29, 1.82) is 0 Å². The molecule has 2 aromatic carbocycles. The number of nitrogens with one attached hydrogen (secondary N) is 2. The number of hydrogen-bond acceptors (Lipinski definition) is 6. The van der Waals surface area contributed by atoms with Crippen LogP contribution in [0, 0.1) is 17.8 Å². The van der Waals surface area contributed by atoms with Gasteiger partial charge in [0.05, 0.1) is 17.5 Å². The van der Waals surface area contributed by atoms with Gasteiger partial charge in [0.25, 0.3) is 0 Å². The summed E-state index contributed by atoms with van der Waals surface area (Å²) in [5.41, 5.74) is 0.568. The van der Waals surface area contributed by atoms with E-state index in [0.29, 0.717) is 29.3 Å². The first-order valence-electron chi connectivity index (χ1n) is 10.9. The number of anilines is 2. The Morgan fingerprint density at radius 3 is 2.66 bits per heavy atom. The zero-order chi connectivity index (χ0) is 22.2. The summed E-state index contributed by atoms with van der Waals surface area (Å²) in [5, 5.41) is 6.38. The van der Waals surface area contributed by atoms with Gasteiger partial charge in [0.1, 0.15) is 5.54 Å². The third-order valence-corrected chi connectivity index (χ3v) is 6.96. The van der Waals surface area contributed by atoms with Gasteiger partial charge in [-0.2, -0.15) is 0 Å². The standard InChI is InChI=1S/C24H23N3O5/c1-12(2)9-16-19-20(24(26-16)14-5-3-4-6-15(14)25-23(24)30)22(29)27(21(19)28)13-7-8-17-18(10-13)32-11-31-17/h3-8,10,12,16,19-20,26H,9,11H2,1-2H3,(H,25,30)/t16-,19+,20-,24-/m0/s1. The van der Waals surface area contributed by atoms with Gasteiger partial charge in [-0.25, -0.2) is 4.90 Å². The first-order chi connectivity index (χ1) is 15.4. The van der Waals surface area contributed by atoms with Crippen molar-refractivity contribution in [3.05, 3.63) is 48.0 Å². The number of ether oxygens (including phenoxy) is 2. The smallest absolute Gasteiger partial charge is 0.250 e. The predicted octanol–water partition coefficient (Wildman–Crippen LogP) is 2.39. The van der Waals surface area contributed by atoms with Gasteiger partial charge in [-0.15, -0.1) is 0 Å². The Kier molecular flexibility index (Phi) is 3.96. The lowest BCUT2D eigenvalue weighted by Gasteiger charge is -2.29. The molecule has 8 heteroatoms. The largest absolute Gasteiger partial charge is 0.454 e. The highest BCUT2D eigenvalue weighted by Crippen LogP contribution is 2.54. The molecule has 0 radical (unpaired) electrons. The van der Waals surface area contributed by atoms with Gasteiger partial charge < -0.3 is 14.8 Å². The number of carbonyl (C=O) groups is 3. The molecule has 8 nitrogen and oxygen atoms in total. The van der Waals surface area contributed by atoms with E-state index in [-0.39, 0.29) is 36.5 Å². The normalized spacial score (nSPS) is 29.8. The Hall–Kier alpha value is -3.39. The maximum absolute atomic E-state index is 13.9. The summed E-state index contributed by atoms with van der Waals surface area (Å²) in [6.45, 7) is 4.24. The monoisotopic (exact) mass is 433 g/mol. The Labute approximate surface area is 184 Å². The van der Waals surface area contributed by atoms with Crippen molar-refractivity contribution in [2.45, 2.75) is 31.8 Å². The molecular formula is C24H23N3O5. The highest BCUT2D eigenvalue weighted by Gasteiger charge is 2.70. The molecule has 2 aromatic rings. The maximum Gasteiger partial charge on any atom is 0.250 e. The molecule has 1 spiro atoms. The van der Waals surface area contributed by atoms with Crippen molar-refractivity contribution in [2.75, 3.05) is 17.0 Å². The van der Waals surface area contributed by atoms with E-state index in [1.807, 2.05) is 24.3 Å². The fourth-order valence-electron chi connectivity index (χ4n) is 5.75. The first kappa shape index (κ1) is 19.3. The van der Waals surface area contributed by atoms with Crippen LogP contribution in [0.2, 0.25) is 0 Å². The molecule has 0 bridgehead atoms. The minimum atomic E-state index is -1.27. The van der Waals surface area contributed by atoms with E-state index in [1.54, 1.807) is 18.2 Å². The highest BCUT2D eigenvalue weighted by molar-refractivity contribution is 6.25. The molecule has 164 valence electrons. The van der Waals surface area contributed by atoms with Crippen LogP contribution in [0.4, 0.5) is 11.4 Å². The van der Waals surface area contributed by atoms with Crippen LogP contribution in [0.25, 0.3) is 0 Å². The molecule has 0 aromatic heterocycles. The maximum atomic E-state index is 13.9. The van der Waals surface area contributed by atoms with Crippen molar-refractivity contribution in [3.8, 4) is 11.5 Å². The van der Waals surface area contributed by atoms with E-state index >= 15 is 0 Å². The summed E-state index contributed by atoms with van der Waals surface area (Å²) >= 11 is 0. The fourth-order valence-corrected chi connectivity index (χ4v) is 5.75. The fraction of sp³-hybridized carbons (Fsp3) is 0.375. The van der Waals surface area contributed by atoms with Gasteiger partial charge in [0, 0.05) is 23.4 Å². The Morgan fingerprint density at radius 2 is 1.84 bits per heavy atom. The third-order valence-electron chi connectivity index (χ3n) is 6.96. The van der Waals surface area contributed by atoms with Crippen molar-refractivity contribution in [3.63, 3.8) is 0 Å². The molecule has 4 aliphatic heterocycles. The zero-order valence-corrected chi connectivity index (χ0v) is 17.8. The number of rotatable bonds is 3. The van der Waals surface area contributed by atoms with E-state index in [4.69, 9.17) is 9.47 Å². The molecule has 4 aliphatic rings. The number of para-hydroxylation sites is 1. The minimum Gasteiger partial charge on any atom is -0.454 e. The van der Waals surface area contributed by atoms with Crippen LogP contribution in [-0.4, -0.2) is 30.6 Å². The predicted molar refractivity (Wildman–Crippen MR) is 115 cm³/mol. The molecule has 0 unspecified atom stereocenters. The number of carbonyl (C=O) groups excluding carboxylic acids is 3. The summed E-state index contributed by atoms with van der Waals surface area (Å²) in [6, 6.07) is 12.1. The third kappa shape index (κ3) is 2.38. The van der Waals surface area contributed by atoms with Gasteiger partial charge in [0.15, 0.2) is 11.5 Å². The molecule has 0 saturated carbocycles. The Balaban J connectivity index is 1.49. The number of fused-ring (bicyclic) bond motifs is 5. The van der Waals surface area contributed by atoms with Gasteiger partial charge in [-0.1, -0.05) is 32.0 Å². The van der Waals surface area contributed by atoms with Gasteiger partial charge in [-0.3, -0.25) is 19.7 Å². The topological polar surface area (TPSA) is 97.0 Å². The Bertz CT molecular complexity index is 1180. The second-order valence-corrected chi connectivity index (χ2v) is 9.24. The van der Waals surface area contributed by atoms with Crippen molar-refractivity contribution in [2.24, 2.45) is 17.8 Å². The molecule has 6 rings (SSSR count). The van der Waals surface area contributed by atoms with Crippen LogP contribution in [0.15, 0.2) is 42.5 Å². The second-order valence-electron chi connectivity index (χ2n) is 9.24. The average molecular weight is 433 g/mol. The van der Waals surface area contributed by atoms with Crippen molar-refractivity contribution < 1.29 is 23.9 Å². The summed E-state index contributed by atoms with van der Waals surface area (Å²) in [5.74, 6) is -1.04. The zero-order valence-electron chi connectivity index (χ0n) is 17.8. The number of amides is 3. The minimum absolute atomic E-state index is 0.104. The second kappa shape index (κ2) is 6.56. The SMILES string of the molecule is CC(C)C[C@@H]1N[C@]2(C(=O)Nc3ccccc32)[C@@H]2C(=O)N(c3ccc4c(c3)OCO4)C(=O)[C@H]12. The molecular weight excluding hydrogens is 410 g/mol. The lowest BCUT2D eigenvalue weighted by molar-refractivity contribution is -0.130. The van der Waals surface area contributed by atoms with Gasteiger partial charge >= 0.3 is 0 Å². The van der Waals surface area contributed by atoms with Gasteiger partial charge in [0.2, 0.25) is 24.5 Å². The van der Waals surface area contributed by atoms with Crippen LogP contribution < -0.4 is 25.0 Å². The van der Waals surface area contributed by atoms with E-state index in [9.17, 15) is 14.4 Å². The van der Waals surface area contributed by atoms with Crippen molar-refractivity contribution in [1.82, 2.24) is 5.32 Å². The van der Waals surface area contributed by atoms with Crippen LogP contribution in [0.1, 0.15) is 25.8 Å². The molecule has 3 amide bonds. The quantitative estimate of drug-likeness (QED) is 0.722. The highest BCUT2D eigenvalue weighted by atomic mass is 16.7. The summed E-state index contributed by atoms with van der Waals surface area (Å²) < 4.78 is 10.8. The van der Waals surface area contributed by atoms with E-state index < -0.39 is 17.4 Å². The number of imide groups is 1. The van der Waals surface area contributed by atoms with Gasteiger partial charge in [-0.05, 0) is 30.5 Å². The summed E-state index contributed by atoms with van der Waals surface area (Å²) in [6.07, 6.45) is 0.673. The van der Waals surface area contributed by atoms with Crippen LogP contribution in [0.5, 0.6) is 11.5 Å². The lowest BCUT2D eigenvalue weighted by atomic mass is 9.76. The van der Waals surface area contributed by atoms with Crippen LogP contribution in [-0.2, 0) is 19.9 Å². The lowest BCUT2D eigenvalue weighted by Crippen LogP contribution is -2.53. The molecule has 4 heterocycles. The summed E-state index contributed by atoms with van der Waals surface area (Å²) in [7, 11) is 0.